The molecule has 3 aliphatic carbocycles. The molecule has 0 radical (unpaired) electrons. The van der Waals surface area contributed by atoms with E-state index in [1.54, 1.807) is 26.4 Å². The number of carbonyl (C=O) groups excluding carboxylic acids is 3. The Kier molecular flexibility index (Phi) is 6.20. The number of phenolic OH excluding ortho intramolecular Hbond substituents is 1. The predicted octanol–water partition coefficient (Wildman–Crippen LogP) is 0.686. The first-order valence-corrected chi connectivity index (χ1v) is 11.9. The van der Waals surface area contributed by atoms with E-state index >= 15 is 0 Å². The van der Waals surface area contributed by atoms with Gasteiger partial charge in [-0.15, -0.1) is 0 Å². The number of benzene rings is 1. The van der Waals surface area contributed by atoms with Gasteiger partial charge in [-0.25, -0.2) is 0 Å². The lowest BCUT2D eigenvalue weighted by atomic mass is 9.57. The Bertz CT molecular complexity index is 1300. The lowest BCUT2D eigenvalue weighted by Crippen LogP contribution is -2.65. The normalized spacial score (nSPS) is 27.9. The molecule has 4 rings (SSSR count). The molecule has 11 nitrogen and oxygen atoms in total. The average molecular weight is 513 g/mol. The van der Waals surface area contributed by atoms with E-state index in [-0.39, 0.29) is 35.3 Å². The fourth-order valence-corrected chi connectivity index (χ4v) is 5.68. The molecule has 1 aromatic rings. The Labute approximate surface area is 214 Å². The standard InChI is InChI=1S/C26H32N4O7/c1-25(2,3)29-28-10-11-6-7-15(31)17-13(11)8-12-9-14-19(30(4)5)21(33)18(24(27)36)23(35)26(14,37)22(34)16(12)20(17)32/h6-7,10,12,14,19,29,31-32,35,37H,8-9H2,1-5H3,(H2,27,36)/b28-10+/t12?,14?,19-,26-/m0/s1. The number of nitrogens with one attached hydrogen (secondary N) is 1. The van der Waals surface area contributed by atoms with Gasteiger partial charge in [0.1, 0.15) is 22.8 Å². The Balaban J connectivity index is 1.90. The Morgan fingerprint density at radius 1 is 1.22 bits per heavy atom. The number of nitrogens with two attached hydrogens (primary N) is 1. The predicted molar refractivity (Wildman–Crippen MR) is 135 cm³/mol. The molecule has 0 aliphatic heterocycles. The summed E-state index contributed by atoms with van der Waals surface area (Å²) in [6.07, 6.45) is 1.78. The number of carbonyl (C=O) groups is 3. The van der Waals surface area contributed by atoms with E-state index in [1.807, 2.05) is 20.8 Å². The number of amides is 1. The zero-order valence-electron chi connectivity index (χ0n) is 21.4. The van der Waals surface area contributed by atoms with E-state index in [1.165, 1.54) is 11.0 Å². The minimum absolute atomic E-state index is 0.0241. The molecular weight excluding hydrogens is 480 g/mol. The molecule has 0 heterocycles. The van der Waals surface area contributed by atoms with E-state index in [2.05, 4.69) is 10.5 Å². The van der Waals surface area contributed by atoms with Crippen LogP contribution in [0, 0.1) is 11.8 Å². The molecule has 0 bridgehead atoms. The summed E-state index contributed by atoms with van der Waals surface area (Å²) >= 11 is 0. The van der Waals surface area contributed by atoms with Crippen LogP contribution >= 0.6 is 0 Å². The molecule has 1 fully saturated rings. The van der Waals surface area contributed by atoms with Crippen molar-refractivity contribution in [3.8, 4) is 5.75 Å². The van der Waals surface area contributed by atoms with Crippen LogP contribution in [0.2, 0.25) is 0 Å². The summed E-state index contributed by atoms with van der Waals surface area (Å²) in [7, 11) is 3.12. The Hall–Kier alpha value is -3.70. The molecule has 3 aliphatic rings. The molecule has 11 heteroatoms. The number of phenols is 1. The van der Waals surface area contributed by atoms with Gasteiger partial charge < -0.3 is 31.6 Å². The number of nitrogens with zero attached hydrogens (tertiary/aromatic N) is 2. The molecule has 0 aromatic heterocycles. The van der Waals surface area contributed by atoms with Gasteiger partial charge in [-0.05, 0) is 76.9 Å². The van der Waals surface area contributed by atoms with Gasteiger partial charge in [-0.2, -0.15) is 5.10 Å². The highest BCUT2D eigenvalue weighted by Crippen LogP contribution is 2.52. The van der Waals surface area contributed by atoms with Gasteiger partial charge in [0, 0.05) is 17.0 Å². The third kappa shape index (κ3) is 3.98. The van der Waals surface area contributed by atoms with Crippen molar-refractivity contribution in [1.82, 2.24) is 10.3 Å². The fourth-order valence-electron chi connectivity index (χ4n) is 5.68. The molecular formula is C26H32N4O7. The second kappa shape index (κ2) is 8.70. The lowest BCUT2D eigenvalue weighted by Gasteiger charge is -2.50. The van der Waals surface area contributed by atoms with Crippen LogP contribution < -0.4 is 11.2 Å². The second-order valence-electron chi connectivity index (χ2n) is 11.1. The molecule has 198 valence electrons. The van der Waals surface area contributed by atoms with Crippen molar-refractivity contribution in [2.45, 2.75) is 50.8 Å². The smallest absolute Gasteiger partial charge is 0.255 e. The molecule has 0 saturated heterocycles. The van der Waals surface area contributed by atoms with Gasteiger partial charge >= 0.3 is 0 Å². The van der Waals surface area contributed by atoms with E-state index < -0.39 is 58.0 Å². The van der Waals surface area contributed by atoms with E-state index in [4.69, 9.17) is 5.73 Å². The molecule has 4 atom stereocenters. The van der Waals surface area contributed by atoms with Gasteiger partial charge in [0.05, 0.1) is 17.8 Å². The summed E-state index contributed by atoms with van der Waals surface area (Å²) in [6.45, 7) is 5.81. The highest BCUT2D eigenvalue weighted by atomic mass is 16.3. The summed E-state index contributed by atoms with van der Waals surface area (Å²) in [5.41, 5.74) is 5.51. The maximum atomic E-state index is 13.8. The summed E-state index contributed by atoms with van der Waals surface area (Å²) in [5, 5.41) is 48.6. The average Bonchev–Trinajstić information content (AvgIpc) is 2.76. The second-order valence-corrected chi connectivity index (χ2v) is 11.1. The van der Waals surface area contributed by atoms with Crippen LogP contribution in [0.15, 0.2) is 34.1 Å². The number of ketones is 2. The molecule has 0 spiro atoms. The largest absolute Gasteiger partial charge is 0.508 e. The van der Waals surface area contributed by atoms with Crippen LogP contribution in [0.3, 0.4) is 0 Å². The van der Waals surface area contributed by atoms with Crippen molar-refractivity contribution in [2.75, 3.05) is 14.1 Å². The van der Waals surface area contributed by atoms with Gasteiger partial charge in [0.15, 0.2) is 11.4 Å². The van der Waals surface area contributed by atoms with Crippen molar-refractivity contribution in [3.63, 3.8) is 0 Å². The quantitative estimate of drug-likeness (QED) is 0.192. The van der Waals surface area contributed by atoms with E-state index in [9.17, 15) is 34.8 Å². The van der Waals surface area contributed by atoms with Crippen LogP contribution in [0.25, 0.3) is 5.76 Å². The maximum Gasteiger partial charge on any atom is 0.255 e. The summed E-state index contributed by atoms with van der Waals surface area (Å²) in [6, 6.07) is 1.88. The number of aromatic hydroxyl groups is 1. The Morgan fingerprint density at radius 3 is 2.43 bits per heavy atom. The number of aliphatic hydroxyl groups excluding tert-OH is 2. The molecule has 7 N–H and O–H groups in total. The number of hydrogen-bond acceptors (Lipinski definition) is 10. The third-order valence-corrected chi connectivity index (χ3v) is 7.24. The number of rotatable bonds is 4. The minimum atomic E-state index is -2.66. The highest BCUT2D eigenvalue weighted by molar-refractivity contribution is 6.24. The van der Waals surface area contributed by atoms with E-state index in [0.717, 1.165) is 0 Å². The van der Waals surface area contributed by atoms with Crippen molar-refractivity contribution in [2.24, 2.45) is 22.7 Å². The molecule has 1 aromatic carbocycles. The topological polar surface area (TPSA) is 186 Å². The van der Waals surface area contributed by atoms with Gasteiger partial charge in [0.25, 0.3) is 5.91 Å². The maximum absolute atomic E-state index is 13.8. The molecule has 37 heavy (non-hydrogen) atoms. The van der Waals surface area contributed by atoms with Crippen LogP contribution in [0.4, 0.5) is 0 Å². The van der Waals surface area contributed by atoms with Gasteiger partial charge in [-0.1, -0.05) is 0 Å². The summed E-state index contributed by atoms with van der Waals surface area (Å²) in [4.78, 5) is 40.5. The molecule has 2 unspecified atom stereocenters. The number of Topliss-reactive ketones (excluding diaryl/α,β-unsaturated/α-hetero) is 2. The summed E-state index contributed by atoms with van der Waals surface area (Å²) in [5.74, 6) is -6.78. The van der Waals surface area contributed by atoms with Crippen LogP contribution in [0.5, 0.6) is 5.75 Å². The third-order valence-electron chi connectivity index (χ3n) is 7.24. The minimum Gasteiger partial charge on any atom is -0.508 e. The van der Waals surface area contributed by atoms with Crippen molar-refractivity contribution in [1.29, 1.82) is 0 Å². The first-order valence-electron chi connectivity index (χ1n) is 11.9. The summed E-state index contributed by atoms with van der Waals surface area (Å²) < 4.78 is 0. The number of hydrazone groups is 1. The number of hydrogen-bond donors (Lipinski definition) is 6. The first-order chi connectivity index (χ1) is 17.1. The zero-order valence-corrected chi connectivity index (χ0v) is 21.4. The molecule has 1 amide bonds. The number of likely N-dealkylation sites (N-methyl/N-ethyl adjacent to an activating group) is 1. The van der Waals surface area contributed by atoms with Gasteiger partial charge in [-0.3, -0.25) is 19.3 Å². The van der Waals surface area contributed by atoms with Crippen LogP contribution in [0.1, 0.15) is 43.9 Å². The molecule has 1 saturated carbocycles. The SMILES string of the molecule is CN(C)[C@@H]1C(=O)C(C(N)=O)=C(O)[C@@]2(O)C(=O)C3=C(O)c4c(O)ccc(/C=N/NC(C)(C)C)c4CC3CC12. The lowest BCUT2D eigenvalue weighted by molar-refractivity contribution is -0.153. The number of fused-ring (bicyclic) bond motifs is 3. The van der Waals surface area contributed by atoms with Gasteiger partial charge in [0.2, 0.25) is 5.78 Å². The van der Waals surface area contributed by atoms with Crippen LogP contribution in [-0.2, 0) is 20.8 Å². The van der Waals surface area contributed by atoms with Crippen molar-refractivity contribution in [3.05, 3.63) is 45.7 Å². The number of primary amides is 1. The zero-order chi connectivity index (χ0) is 27.6. The fraction of sp³-hybridized carbons (Fsp3) is 0.462. The highest BCUT2D eigenvalue weighted by Gasteiger charge is 2.64. The number of aliphatic hydroxyl groups is 3. The van der Waals surface area contributed by atoms with E-state index in [0.29, 0.717) is 11.1 Å². The first kappa shape index (κ1) is 26.4. The van der Waals surface area contributed by atoms with Crippen molar-refractivity contribution >= 4 is 29.4 Å². The monoisotopic (exact) mass is 512 g/mol. The Morgan fingerprint density at radius 2 is 1.86 bits per heavy atom. The van der Waals surface area contributed by atoms with Crippen molar-refractivity contribution < 1.29 is 34.8 Å². The van der Waals surface area contributed by atoms with Crippen LogP contribution in [-0.4, -0.2) is 80.3 Å².